The van der Waals surface area contributed by atoms with Crippen LogP contribution < -0.4 is 5.73 Å². The number of nitrogens with two attached hydrogens (primary N) is 1. The molecule has 1 aromatic carbocycles. The van der Waals surface area contributed by atoms with Crippen molar-refractivity contribution < 1.29 is 16.8 Å². The minimum Gasteiger partial charge on any atom is -0.398 e. The van der Waals surface area contributed by atoms with Crippen LogP contribution in [-0.4, -0.2) is 59.1 Å². The maximum atomic E-state index is 13.4. The number of benzene rings is 1. The van der Waals surface area contributed by atoms with Crippen LogP contribution in [0.5, 0.6) is 0 Å². The van der Waals surface area contributed by atoms with Crippen LogP contribution in [0.4, 0.5) is 5.69 Å². The Balaban J connectivity index is 2.58. The molecule has 0 unspecified atom stereocenters. The van der Waals surface area contributed by atoms with E-state index in [1.165, 1.54) is 15.3 Å². The number of nitrogens with zero attached hydrogens (tertiary/aromatic N) is 3. The van der Waals surface area contributed by atoms with Crippen molar-refractivity contribution in [1.82, 2.24) is 9.21 Å². The van der Waals surface area contributed by atoms with Crippen molar-refractivity contribution in [2.75, 3.05) is 26.4 Å². The zero-order valence-corrected chi connectivity index (χ0v) is 19.0. The molecule has 1 aromatic rings. The van der Waals surface area contributed by atoms with Crippen LogP contribution in [0.25, 0.3) is 0 Å². The Morgan fingerprint density at radius 3 is 2.34 bits per heavy atom. The summed E-state index contributed by atoms with van der Waals surface area (Å²) >= 11 is 6.07. The number of sulfonamides is 2. The molecule has 0 heterocycles. The molecule has 2 N–H and O–H groups in total. The van der Waals surface area contributed by atoms with Crippen molar-refractivity contribution in [3.63, 3.8) is 0 Å². The predicted octanol–water partition coefficient (Wildman–Crippen LogP) is 2.71. The summed E-state index contributed by atoms with van der Waals surface area (Å²) in [4.78, 5) is 0.732. The quantitative estimate of drug-likeness (QED) is 0.275. The number of rotatable bonds is 8. The van der Waals surface area contributed by atoms with Crippen LogP contribution in [-0.2, 0) is 20.0 Å². The number of nitrogen functional groups attached to an aromatic ring is 1. The number of halogens is 1. The van der Waals surface area contributed by atoms with E-state index in [4.69, 9.17) is 17.3 Å². The molecule has 0 bridgehead atoms. The monoisotopic (exact) mass is 462 g/mol. The molecule has 0 saturated heterocycles. The van der Waals surface area contributed by atoms with E-state index < -0.39 is 24.9 Å². The second-order valence-electron chi connectivity index (χ2n) is 7.14. The van der Waals surface area contributed by atoms with Gasteiger partial charge in [0.25, 0.3) is 10.0 Å². The van der Waals surface area contributed by atoms with Crippen LogP contribution in [0.2, 0.25) is 5.02 Å². The van der Waals surface area contributed by atoms with Gasteiger partial charge in [0.15, 0.2) is 0 Å². The van der Waals surface area contributed by atoms with Crippen molar-refractivity contribution in [1.29, 1.82) is 0 Å². The zero-order chi connectivity index (χ0) is 21.8. The third-order valence-corrected chi connectivity index (χ3v) is 8.30. The fourth-order valence-corrected chi connectivity index (χ4v) is 6.57. The molecule has 0 spiro atoms. The Bertz CT molecular complexity index is 985. The highest BCUT2D eigenvalue weighted by atomic mass is 35.5. The summed E-state index contributed by atoms with van der Waals surface area (Å²) in [5.41, 5.74) is 5.83. The van der Waals surface area contributed by atoms with Gasteiger partial charge in [-0.1, -0.05) is 36.9 Å². The van der Waals surface area contributed by atoms with Crippen LogP contribution in [0, 0.1) is 0 Å². The average molecular weight is 463 g/mol. The highest BCUT2D eigenvalue weighted by molar-refractivity contribution is 7.90. The van der Waals surface area contributed by atoms with Gasteiger partial charge < -0.3 is 10.6 Å². The lowest BCUT2D eigenvalue weighted by molar-refractivity contribution is 0.269. The summed E-state index contributed by atoms with van der Waals surface area (Å²) in [5, 5.41) is -0.190. The smallest absolute Gasteiger partial charge is 0.285 e. The third kappa shape index (κ3) is 5.50. The highest BCUT2D eigenvalue weighted by Crippen LogP contribution is 2.35. The van der Waals surface area contributed by atoms with Crippen molar-refractivity contribution >= 4 is 43.7 Å². The van der Waals surface area contributed by atoms with Gasteiger partial charge in [0, 0.05) is 26.7 Å². The Hall–Kier alpha value is -1.62. The van der Waals surface area contributed by atoms with Gasteiger partial charge in [-0.2, -0.15) is 12.7 Å². The van der Waals surface area contributed by atoms with E-state index in [0.717, 1.165) is 50.6 Å². The van der Waals surface area contributed by atoms with Crippen LogP contribution >= 0.6 is 11.6 Å². The fraction of sp³-hybridized carbons (Fsp3) is 0.500. The standard InChI is InChI=1S/C18H27ClN4O4S2/c1-4-10-23(14-8-6-5-7-9-14)29(26,27)18-12-17(15(19)11-16(18)20)28(24,25)21-13-22(2)3/h4,11-14H,1,5-10,20H2,2-3H3/b21-13+. The molecule has 1 aliphatic carbocycles. The summed E-state index contributed by atoms with van der Waals surface area (Å²) in [6.07, 6.45) is 7.01. The molecule has 0 amide bonds. The van der Waals surface area contributed by atoms with E-state index >= 15 is 0 Å². The molecule has 162 valence electrons. The Labute approximate surface area is 178 Å². The first kappa shape index (κ1) is 23.7. The predicted molar refractivity (Wildman–Crippen MR) is 116 cm³/mol. The van der Waals surface area contributed by atoms with Crippen LogP contribution in [0.1, 0.15) is 32.1 Å². The topological polar surface area (TPSA) is 113 Å². The minimum atomic E-state index is -4.21. The molecule has 0 atom stereocenters. The van der Waals surface area contributed by atoms with E-state index in [1.807, 2.05) is 0 Å². The molecule has 2 rings (SSSR count). The Morgan fingerprint density at radius 1 is 1.17 bits per heavy atom. The van der Waals surface area contributed by atoms with Crippen LogP contribution in [0.3, 0.4) is 0 Å². The second kappa shape index (κ2) is 9.46. The van der Waals surface area contributed by atoms with Crippen molar-refractivity contribution in [3.05, 3.63) is 29.8 Å². The number of anilines is 1. The van der Waals surface area contributed by atoms with E-state index in [0.29, 0.717) is 0 Å². The fourth-order valence-electron chi connectivity index (χ4n) is 3.25. The molecule has 1 saturated carbocycles. The normalized spacial score (nSPS) is 16.4. The molecule has 8 nitrogen and oxygen atoms in total. The van der Waals surface area contributed by atoms with Crippen molar-refractivity contribution in [3.8, 4) is 0 Å². The molecular weight excluding hydrogens is 436 g/mol. The number of hydrogen-bond acceptors (Lipinski definition) is 5. The minimum absolute atomic E-state index is 0.107. The summed E-state index contributed by atoms with van der Waals surface area (Å²) in [6, 6.07) is 1.95. The lowest BCUT2D eigenvalue weighted by Gasteiger charge is -2.33. The Kier molecular flexibility index (Phi) is 7.72. The SMILES string of the molecule is C=CCN(C1CCCCC1)S(=O)(=O)c1cc(S(=O)(=O)/N=C/N(C)C)c(Cl)cc1N. The van der Waals surface area contributed by atoms with E-state index in [1.54, 1.807) is 14.1 Å². The molecule has 0 aliphatic heterocycles. The van der Waals surface area contributed by atoms with Gasteiger partial charge >= 0.3 is 0 Å². The maximum absolute atomic E-state index is 13.4. The van der Waals surface area contributed by atoms with E-state index in [2.05, 4.69) is 11.0 Å². The summed E-state index contributed by atoms with van der Waals surface area (Å²) in [6.45, 7) is 3.77. The molecule has 1 aliphatic rings. The van der Waals surface area contributed by atoms with Gasteiger partial charge in [-0.15, -0.1) is 11.0 Å². The first-order chi connectivity index (χ1) is 13.5. The van der Waals surface area contributed by atoms with Gasteiger partial charge in [0.05, 0.1) is 10.7 Å². The van der Waals surface area contributed by atoms with Gasteiger partial charge in [-0.3, -0.25) is 0 Å². The molecule has 1 fully saturated rings. The van der Waals surface area contributed by atoms with Crippen LogP contribution in [0.15, 0.2) is 39.0 Å². The van der Waals surface area contributed by atoms with E-state index in [9.17, 15) is 16.8 Å². The lowest BCUT2D eigenvalue weighted by atomic mass is 9.95. The Morgan fingerprint density at radius 2 is 1.79 bits per heavy atom. The van der Waals surface area contributed by atoms with Gasteiger partial charge in [-0.05, 0) is 25.0 Å². The molecule has 11 heteroatoms. The maximum Gasteiger partial charge on any atom is 0.285 e. The highest BCUT2D eigenvalue weighted by Gasteiger charge is 2.34. The van der Waals surface area contributed by atoms with Gasteiger partial charge in [0.2, 0.25) is 10.0 Å². The third-order valence-electron chi connectivity index (χ3n) is 4.64. The molecular formula is C18H27ClN4O4S2. The largest absolute Gasteiger partial charge is 0.398 e. The average Bonchev–Trinajstić information content (AvgIpc) is 2.64. The van der Waals surface area contributed by atoms with Gasteiger partial charge in [0.1, 0.15) is 16.1 Å². The first-order valence-corrected chi connectivity index (χ1v) is 12.4. The zero-order valence-electron chi connectivity index (χ0n) is 16.6. The summed E-state index contributed by atoms with van der Waals surface area (Å²) in [7, 11) is -5.07. The molecule has 0 aromatic heterocycles. The van der Waals surface area contributed by atoms with Gasteiger partial charge in [-0.25, -0.2) is 8.42 Å². The molecule has 0 radical (unpaired) electrons. The molecule has 29 heavy (non-hydrogen) atoms. The lowest BCUT2D eigenvalue weighted by Crippen LogP contribution is -2.41. The second-order valence-corrected chi connectivity index (χ2v) is 11.0. The van der Waals surface area contributed by atoms with E-state index in [-0.39, 0.29) is 28.2 Å². The van der Waals surface area contributed by atoms with Crippen molar-refractivity contribution in [2.45, 2.75) is 47.9 Å². The van der Waals surface area contributed by atoms with Crippen molar-refractivity contribution in [2.24, 2.45) is 4.40 Å². The summed E-state index contributed by atoms with van der Waals surface area (Å²) < 4.78 is 56.8. The first-order valence-electron chi connectivity index (χ1n) is 9.19. The number of hydrogen-bond donors (Lipinski definition) is 1. The summed E-state index contributed by atoms with van der Waals surface area (Å²) in [5.74, 6) is 0.